The Morgan fingerprint density at radius 2 is 2.20 bits per heavy atom. The van der Waals surface area contributed by atoms with Gasteiger partial charge in [0.05, 0.1) is 23.8 Å². The molecule has 2 rings (SSSR count). The molecule has 4 nitrogen and oxygen atoms in total. The van der Waals surface area contributed by atoms with Crippen molar-refractivity contribution < 1.29 is 9.53 Å². The molecule has 1 fully saturated rings. The monoisotopic (exact) mass is 360 g/mol. The third-order valence-corrected chi connectivity index (χ3v) is 4.51. The van der Waals surface area contributed by atoms with E-state index in [4.69, 9.17) is 16.3 Å². The second-order valence-electron chi connectivity index (χ2n) is 4.89. The summed E-state index contributed by atoms with van der Waals surface area (Å²) in [5.74, 6) is -0.142. The minimum Gasteiger partial charge on any atom is -0.379 e. The Bertz CT molecular complexity index is 478. The summed E-state index contributed by atoms with van der Waals surface area (Å²) in [6.45, 7) is 6.17. The summed E-state index contributed by atoms with van der Waals surface area (Å²) in [6.07, 6.45) is 0. The molecular formula is C14H18BrClN2O2. The van der Waals surface area contributed by atoms with Crippen molar-refractivity contribution >= 4 is 33.4 Å². The van der Waals surface area contributed by atoms with Gasteiger partial charge in [0.25, 0.3) is 5.91 Å². The minimum atomic E-state index is -0.142. The van der Waals surface area contributed by atoms with Crippen LogP contribution < -0.4 is 5.32 Å². The fraction of sp³-hybridized carbons (Fsp3) is 0.500. The maximum atomic E-state index is 12.2. The van der Waals surface area contributed by atoms with Crippen LogP contribution in [0.4, 0.5) is 0 Å². The predicted octanol–water partition coefficient (Wildman–Crippen LogP) is 2.55. The number of nitrogens with zero attached hydrogens (tertiary/aromatic N) is 1. The summed E-state index contributed by atoms with van der Waals surface area (Å²) in [5, 5.41) is 3.43. The lowest BCUT2D eigenvalue weighted by Gasteiger charge is -2.29. The molecule has 0 aromatic heterocycles. The van der Waals surface area contributed by atoms with E-state index in [1.165, 1.54) is 0 Å². The van der Waals surface area contributed by atoms with Crippen LogP contribution >= 0.6 is 27.5 Å². The Balaban J connectivity index is 1.91. The largest absolute Gasteiger partial charge is 0.379 e. The third-order valence-electron chi connectivity index (χ3n) is 3.21. The highest BCUT2D eigenvalue weighted by Gasteiger charge is 2.17. The van der Waals surface area contributed by atoms with Gasteiger partial charge in [0, 0.05) is 30.1 Å². The van der Waals surface area contributed by atoms with E-state index in [1.54, 1.807) is 12.1 Å². The second-order valence-corrected chi connectivity index (χ2v) is 6.12. The number of halogens is 2. The summed E-state index contributed by atoms with van der Waals surface area (Å²) < 4.78 is 6.04. The van der Waals surface area contributed by atoms with Gasteiger partial charge in [-0.25, -0.2) is 0 Å². The van der Waals surface area contributed by atoms with E-state index in [-0.39, 0.29) is 11.9 Å². The molecule has 1 N–H and O–H groups in total. The lowest BCUT2D eigenvalue weighted by Crippen LogP contribution is -2.46. The molecule has 1 atom stereocenters. The zero-order valence-corrected chi connectivity index (χ0v) is 13.7. The number of carbonyl (C=O) groups excluding carboxylic acids is 1. The molecule has 110 valence electrons. The van der Waals surface area contributed by atoms with E-state index in [2.05, 4.69) is 26.1 Å². The molecule has 1 aliphatic heterocycles. The van der Waals surface area contributed by atoms with Crippen LogP contribution in [0.15, 0.2) is 22.7 Å². The first-order valence-electron chi connectivity index (χ1n) is 6.63. The summed E-state index contributed by atoms with van der Waals surface area (Å²) in [4.78, 5) is 14.5. The molecule has 1 heterocycles. The quantitative estimate of drug-likeness (QED) is 0.896. The zero-order valence-electron chi connectivity index (χ0n) is 11.4. The van der Waals surface area contributed by atoms with Gasteiger partial charge in [-0.2, -0.15) is 0 Å². The lowest BCUT2D eigenvalue weighted by molar-refractivity contribution is 0.0342. The van der Waals surface area contributed by atoms with Crippen molar-refractivity contribution in [3.8, 4) is 0 Å². The Labute approximate surface area is 132 Å². The molecule has 6 heteroatoms. The fourth-order valence-electron chi connectivity index (χ4n) is 2.20. The smallest absolute Gasteiger partial charge is 0.253 e. The van der Waals surface area contributed by atoms with Crippen molar-refractivity contribution in [2.75, 3.05) is 32.8 Å². The molecule has 1 unspecified atom stereocenters. The predicted molar refractivity (Wildman–Crippen MR) is 83.3 cm³/mol. The van der Waals surface area contributed by atoms with Gasteiger partial charge in [0.15, 0.2) is 0 Å². The Kier molecular flexibility index (Phi) is 5.84. The van der Waals surface area contributed by atoms with Crippen molar-refractivity contribution in [1.82, 2.24) is 10.2 Å². The topological polar surface area (TPSA) is 41.6 Å². The number of benzene rings is 1. The van der Waals surface area contributed by atoms with E-state index in [9.17, 15) is 4.79 Å². The summed E-state index contributed by atoms with van der Waals surface area (Å²) in [5.41, 5.74) is 0.495. The van der Waals surface area contributed by atoms with Gasteiger partial charge in [-0.3, -0.25) is 9.69 Å². The molecular weight excluding hydrogens is 344 g/mol. The molecule has 0 bridgehead atoms. The average molecular weight is 362 g/mol. The summed E-state index contributed by atoms with van der Waals surface area (Å²) in [7, 11) is 0. The zero-order chi connectivity index (χ0) is 14.5. The van der Waals surface area contributed by atoms with Crippen LogP contribution in [-0.4, -0.2) is 49.7 Å². The van der Waals surface area contributed by atoms with Crippen molar-refractivity contribution in [3.05, 3.63) is 33.3 Å². The number of amides is 1. The van der Waals surface area contributed by atoms with Crippen LogP contribution in [0.5, 0.6) is 0 Å². The SMILES string of the molecule is CC(CN1CCOCC1)NC(=O)c1cccc(Br)c1Cl. The van der Waals surface area contributed by atoms with Gasteiger partial charge in [-0.05, 0) is 35.0 Å². The van der Waals surface area contributed by atoms with Gasteiger partial charge < -0.3 is 10.1 Å². The molecule has 1 aromatic rings. The van der Waals surface area contributed by atoms with Crippen molar-refractivity contribution in [1.29, 1.82) is 0 Å². The number of nitrogens with one attached hydrogen (secondary N) is 1. The second kappa shape index (κ2) is 7.41. The van der Waals surface area contributed by atoms with E-state index >= 15 is 0 Å². The van der Waals surface area contributed by atoms with Gasteiger partial charge in [0.2, 0.25) is 0 Å². The van der Waals surface area contributed by atoms with E-state index < -0.39 is 0 Å². The minimum absolute atomic E-state index is 0.0654. The molecule has 0 radical (unpaired) electrons. The molecule has 1 aliphatic rings. The van der Waals surface area contributed by atoms with E-state index in [1.807, 2.05) is 13.0 Å². The highest BCUT2D eigenvalue weighted by atomic mass is 79.9. The number of ether oxygens (including phenoxy) is 1. The number of hydrogen-bond donors (Lipinski definition) is 1. The standard InChI is InChI=1S/C14H18BrClN2O2/c1-10(9-18-5-7-20-8-6-18)17-14(19)11-3-2-4-12(15)13(11)16/h2-4,10H,5-9H2,1H3,(H,17,19). The molecule has 1 saturated heterocycles. The fourth-order valence-corrected chi connectivity index (χ4v) is 2.78. The number of morpholine rings is 1. The molecule has 1 aromatic carbocycles. The molecule has 1 amide bonds. The first-order chi connectivity index (χ1) is 9.58. The maximum Gasteiger partial charge on any atom is 0.253 e. The van der Waals surface area contributed by atoms with E-state index in [0.29, 0.717) is 10.6 Å². The Morgan fingerprint density at radius 3 is 2.90 bits per heavy atom. The van der Waals surface area contributed by atoms with Crippen LogP contribution in [-0.2, 0) is 4.74 Å². The van der Waals surface area contributed by atoms with Crippen LogP contribution in [0.2, 0.25) is 5.02 Å². The maximum absolute atomic E-state index is 12.2. The highest BCUT2D eigenvalue weighted by Crippen LogP contribution is 2.25. The molecule has 20 heavy (non-hydrogen) atoms. The van der Waals surface area contributed by atoms with Gasteiger partial charge >= 0.3 is 0 Å². The lowest BCUT2D eigenvalue weighted by atomic mass is 10.2. The van der Waals surface area contributed by atoms with Crippen LogP contribution in [0.25, 0.3) is 0 Å². The highest BCUT2D eigenvalue weighted by molar-refractivity contribution is 9.10. The molecule has 0 saturated carbocycles. The normalized spacial score (nSPS) is 17.8. The first-order valence-corrected chi connectivity index (χ1v) is 7.80. The summed E-state index contributed by atoms with van der Waals surface area (Å²) >= 11 is 9.45. The van der Waals surface area contributed by atoms with E-state index in [0.717, 1.165) is 37.3 Å². The Hall–Kier alpha value is -0.620. The van der Waals surface area contributed by atoms with Crippen LogP contribution in [0.3, 0.4) is 0 Å². The van der Waals surface area contributed by atoms with Gasteiger partial charge in [-0.1, -0.05) is 17.7 Å². The van der Waals surface area contributed by atoms with Crippen molar-refractivity contribution in [2.45, 2.75) is 13.0 Å². The van der Waals surface area contributed by atoms with Crippen LogP contribution in [0, 0.1) is 0 Å². The summed E-state index contributed by atoms with van der Waals surface area (Å²) in [6, 6.07) is 5.41. The average Bonchev–Trinajstić information content (AvgIpc) is 2.42. The van der Waals surface area contributed by atoms with Gasteiger partial charge in [-0.15, -0.1) is 0 Å². The van der Waals surface area contributed by atoms with Crippen LogP contribution in [0.1, 0.15) is 17.3 Å². The third kappa shape index (κ3) is 4.19. The van der Waals surface area contributed by atoms with Crippen molar-refractivity contribution in [2.24, 2.45) is 0 Å². The number of rotatable bonds is 4. The Morgan fingerprint density at radius 1 is 1.50 bits per heavy atom. The first kappa shape index (κ1) is 15.8. The molecule has 0 spiro atoms. The number of hydrogen-bond acceptors (Lipinski definition) is 3. The molecule has 0 aliphatic carbocycles. The van der Waals surface area contributed by atoms with Crippen molar-refractivity contribution in [3.63, 3.8) is 0 Å². The number of carbonyl (C=O) groups is 1. The van der Waals surface area contributed by atoms with Gasteiger partial charge in [0.1, 0.15) is 0 Å².